The van der Waals surface area contributed by atoms with Crippen molar-refractivity contribution in [3.05, 3.63) is 41.5 Å². The molecular weight excluding hydrogens is 442 g/mol. The molecule has 7 heteroatoms. The molecule has 1 N–H and O–H groups in total. The number of nitrogens with zero attached hydrogens (tertiary/aromatic N) is 2. The average molecular weight is 474 g/mol. The van der Waals surface area contributed by atoms with Crippen LogP contribution in [0.3, 0.4) is 0 Å². The van der Waals surface area contributed by atoms with Crippen LogP contribution in [0.25, 0.3) is 22.2 Å². The lowest BCUT2D eigenvalue weighted by atomic mass is 9.85. The van der Waals surface area contributed by atoms with E-state index in [0.29, 0.717) is 41.6 Å². The second kappa shape index (κ2) is 9.02. The van der Waals surface area contributed by atoms with Gasteiger partial charge in [0.15, 0.2) is 11.5 Å². The van der Waals surface area contributed by atoms with Crippen molar-refractivity contribution in [3.63, 3.8) is 0 Å². The SMILES string of the molecule is CCOC(=O)[C@H]1CCCN(c2cc(NC3CCCCC3)c3c4c(onc24)-c2ccccc2C3=O)C1. The van der Waals surface area contributed by atoms with E-state index in [1.165, 1.54) is 19.3 Å². The summed E-state index contributed by atoms with van der Waals surface area (Å²) in [5.41, 5.74) is 4.55. The molecule has 35 heavy (non-hydrogen) atoms. The van der Waals surface area contributed by atoms with Crippen LogP contribution in [0.2, 0.25) is 0 Å². The molecule has 1 saturated carbocycles. The van der Waals surface area contributed by atoms with Crippen molar-refractivity contribution in [2.75, 3.05) is 29.9 Å². The summed E-state index contributed by atoms with van der Waals surface area (Å²) in [6, 6.07) is 10.0. The van der Waals surface area contributed by atoms with Gasteiger partial charge in [-0.15, -0.1) is 0 Å². The lowest BCUT2D eigenvalue weighted by molar-refractivity contribution is -0.148. The van der Waals surface area contributed by atoms with Gasteiger partial charge >= 0.3 is 5.97 Å². The number of ketones is 1. The first kappa shape index (κ1) is 22.1. The van der Waals surface area contributed by atoms with Crippen molar-refractivity contribution in [1.29, 1.82) is 0 Å². The average Bonchev–Trinajstić information content (AvgIpc) is 3.34. The molecule has 7 nitrogen and oxygen atoms in total. The third-order valence-electron chi connectivity index (χ3n) is 7.73. The first-order chi connectivity index (χ1) is 17.2. The third kappa shape index (κ3) is 3.77. The van der Waals surface area contributed by atoms with Gasteiger partial charge in [-0.2, -0.15) is 0 Å². The summed E-state index contributed by atoms with van der Waals surface area (Å²) in [7, 11) is 0. The summed E-state index contributed by atoms with van der Waals surface area (Å²) >= 11 is 0. The highest BCUT2D eigenvalue weighted by molar-refractivity contribution is 6.28. The van der Waals surface area contributed by atoms with Crippen molar-refractivity contribution in [2.45, 2.75) is 57.9 Å². The van der Waals surface area contributed by atoms with Gasteiger partial charge in [0.1, 0.15) is 5.52 Å². The van der Waals surface area contributed by atoms with Gasteiger partial charge < -0.3 is 19.5 Å². The summed E-state index contributed by atoms with van der Waals surface area (Å²) < 4.78 is 11.2. The molecule has 1 saturated heterocycles. The Kier molecular flexibility index (Phi) is 5.71. The van der Waals surface area contributed by atoms with Crippen LogP contribution < -0.4 is 10.2 Å². The zero-order valence-electron chi connectivity index (χ0n) is 20.1. The Morgan fingerprint density at radius 2 is 1.94 bits per heavy atom. The lowest BCUT2D eigenvalue weighted by Crippen LogP contribution is -2.39. The molecule has 6 rings (SSSR count). The van der Waals surface area contributed by atoms with E-state index in [0.717, 1.165) is 54.6 Å². The van der Waals surface area contributed by atoms with Crippen LogP contribution in [0, 0.1) is 5.92 Å². The van der Waals surface area contributed by atoms with Gasteiger partial charge in [0.2, 0.25) is 0 Å². The van der Waals surface area contributed by atoms with Gasteiger partial charge in [0.05, 0.1) is 29.2 Å². The van der Waals surface area contributed by atoms with E-state index in [4.69, 9.17) is 9.26 Å². The van der Waals surface area contributed by atoms with Crippen LogP contribution in [0.15, 0.2) is 34.9 Å². The van der Waals surface area contributed by atoms with Crippen LogP contribution >= 0.6 is 0 Å². The van der Waals surface area contributed by atoms with Crippen LogP contribution in [-0.2, 0) is 9.53 Å². The number of hydrogen-bond donors (Lipinski definition) is 1. The Hall–Kier alpha value is -3.35. The van der Waals surface area contributed by atoms with Gasteiger partial charge in [-0.25, -0.2) is 0 Å². The molecular formula is C28H31N3O4. The monoisotopic (exact) mass is 473 g/mol. The molecule has 2 aromatic carbocycles. The Bertz CT molecular complexity index is 1290. The van der Waals surface area contributed by atoms with Gasteiger partial charge in [-0.1, -0.05) is 48.7 Å². The molecule has 1 aromatic heterocycles. The number of piperidine rings is 1. The number of nitrogens with one attached hydrogen (secondary N) is 1. The van der Waals surface area contributed by atoms with Crippen molar-refractivity contribution in [1.82, 2.24) is 5.16 Å². The zero-order chi connectivity index (χ0) is 23.9. The van der Waals surface area contributed by atoms with Crippen LogP contribution in [0.4, 0.5) is 11.4 Å². The highest BCUT2D eigenvalue weighted by Gasteiger charge is 2.35. The topological polar surface area (TPSA) is 84.7 Å². The number of rotatable bonds is 5. The predicted molar refractivity (Wildman–Crippen MR) is 135 cm³/mol. The summed E-state index contributed by atoms with van der Waals surface area (Å²) in [6.45, 7) is 3.62. The maximum Gasteiger partial charge on any atom is 0.310 e. The number of ether oxygens (including phenoxy) is 1. The van der Waals surface area contributed by atoms with E-state index < -0.39 is 0 Å². The number of carbonyl (C=O) groups excluding carboxylic acids is 2. The van der Waals surface area contributed by atoms with Gasteiger partial charge in [0, 0.05) is 35.9 Å². The Morgan fingerprint density at radius 1 is 1.14 bits per heavy atom. The normalized spacial score (nSPS) is 20.1. The molecule has 2 heterocycles. The standard InChI is InChI=1S/C28H31N3O4/c1-2-34-28(33)17-9-8-14-31(16-17)22-15-21(29-18-10-4-3-5-11-18)23-24-25(22)30-35-27(24)20-13-7-6-12-19(20)26(23)32/h6-7,12-13,15,17-18,29H,2-5,8-11,14,16H2,1H3/t17-/m0/s1. The fourth-order valence-corrected chi connectivity index (χ4v) is 6.01. The van der Waals surface area contributed by atoms with Gasteiger partial charge in [-0.05, 0) is 38.7 Å². The minimum atomic E-state index is -0.171. The number of carbonyl (C=O) groups is 2. The van der Waals surface area contributed by atoms with Crippen molar-refractivity contribution < 1.29 is 18.8 Å². The van der Waals surface area contributed by atoms with Gasteiger partial charge in [-0.3, -0.25) is 9.59 Å². The third-order valence-corrected chi connectivity index (χ3v) is 7.73. The summed E-state index contributed by atoms with van der Waals surface area (Å²) in [5.74, 6) is 0.346. The first-order valence-electron chi connectivity index (χ1n) is 12.9. The second-order valence-corrected chi connectivity index (χ2v) is 9.94. The van der Waals surface area contributed by atoms with E-state index >= 15 is 0 Å². The van der Waals surface area contributed by atoms with Crippen molar-refractivity contribution >= 4 is 34.0 Å². The molecule has 0 bridgehead atoms. The predicted octanol–water partition coefficient (Wildman–Crippen LogP) is 5.56. The zero-order valence-corrected chi connectivity index (χ0v) is 20.1. The molecule has 0 spiro atoms. The first-order valence-corrected chi connectivity index (χ1v) is 12.9. The Balaban J connectivity index is 1.48. The van der Waals surface area contributed by atoms with E-state index in [-0.39, 0.29) is 17.7 Å². The van der Waals surface area contributed by atoms with Crippen molar-refractivity contribution in [2.24, 2.45) is 5.92 Å². The molecule has 0 amide bonds. The minimum Gasteiger partial charge on any atom is -0.466 e. The summed E-state index contributed by atoms with van der Waals surface area (Å²) in [5, 5.41) is 8.99. The number of hydrogen-bond acceptors (Lipinski definition) is 7. The van der Waals surface area contributed by atoms with E-state index in [1.807, 2.05) is 31.2 Å². The number of aromatic nitrogens is 1. The van der Waals surface area contributed by atoms with Crippen molar-refractivity contribution in [3.8, 4) is 11.3 Å². The van der Waals surface area contributed by atoms with E-state index in [2.05, 4.69) is 21.4 Å². The highest BCUT2D eigenvalue weighted by Crippen LogP contribution is 2.46. The van der Waals surface area contributed by atoms with Crippen LogP contribution in [0.5, 0.6) is 0 Å². The fourth-order valence-electron chi connectivity index (χ4n) is 6.01. The lowest BCUT2D eigenvalue weighted by Gasteiger charge is -2.34. The Morgan fingerprint density at radius 3 is 2.74 bits per heavy atom. The number of esters is 1. The Labute approximate surface area is 204 Å². The molecule has 182 valence electrons. The molecule has 2 fully saturated rings. The maximum absolute atomic E-state index is 13.8. The molecule has 1 aliphatic heterocycles. The summed E-state index contributed by atoms with van der Waals surface area (Å²) in [6.07, 6.45) is 7.58. The molecule has 0 radical (unpaired) electrons. The van der Waals surface area contributed by atoms with E-state index in [1.54, 1.807) is 0 Å². The molecule has 3 aromatic rings. The van der Waals surface area contributed by atoms with Gasteiger partial charge in [0.25, 0.3) is 0 Å². The number of anilines is 2. The second-order valence-electron chi connectivity index (χ2n) is 9.94. The smallest absolute Gasteiger partial charge is 0.310 e. The molecule has 0 unspecified atom stereocenters. The largest absolute Gasteiger partial charge is 0.466 e. The summed E-state index contributed by atoms with van der Waals surface area (Å²) in [4.78, 5) is 28.5. The molecule has 2 aliphatic carbocycles. The maximum atomic E-state index is 13.8. The van der Waals surface area contributed by atoms with Crippen LogP contribution in [-0.4, -0.2) is 42.6 Å². The highest BCUT2D eigenvalue weighted by atomic mass is 16.5. The quantitative estimate of drug-likeness (QED) is 0.380. The molecule has 1 atom stereocenters. The number of fused-ring (bicyclic) bond motifs is 2. The van der Waals surface area contributed by atoms with Crippen LogP contribution in [0.1, 0.15) is 67.8 Å². The fraction of sp³-hybridized carbons (Fsp3) is 0.464. The van der Waals surface area contributed by atoms with E-state index in [9.17, 15) is 9.59 Å². The number of benzene rings is 2. The molecule has 3 aliphatic rings. The minimum absolute atomic E-state index is 0.00852.